The number of hydrogen-bond acceptors (Lipinski definition) is 4. The highest BCUT2D eigenvalue weighted by atomic mass is 19.4. The number of nitrogens with one attached hydrogen (secondary N) is 2. The van der Waals surface area contributed by atoms with Gasteiger partial charge in [-0.15, -0.1) is 0 Å². The van der Waals surface area contributed by atoms with E-state index in [1.54, 1.807) is 6.07 Å². The summed E-state index contributed by atoms with van der Waals surface area (Å²) in [7, 11) is 0. The molecule has 6 rings (SSSR count). The molecule has 0 radical (unpaired) electrons. The fourth-order valence-corrected chi connectivity index (χ4v) is 6.48. The normalized spacial score (nSPS) is 26.3. The van der Waals surface area contributed by atoms with E-state index in [9.17, 15) is 23.4 Å². The zero-order valence-corrected chi connectivity index (χ0v) is 17.8. The molecule has 3 aromatic rings. The topological polar surface area (TPSA) is 106 Å². The molecule has 2 aliphatic carbocycles. The summed E-state index contributed by atoms with van der Waals surface area (Å²) in [6, 6.07) is 8.23. The van der Waals surface area contributed by atoms with Crippen LogP contribution in [0, 0.1) is 5.92 Å². The van der Waals surface area contributed by atoms with Gasteiger partial charge in [0.15, 0.2) is 0 Å². The van der Waals surface area contributed by atoms with Crippen LogP contribution in [-0.2, 0) is 16.6 Å². The van der Waals surface area contributed by atoms with Crippen molar-refractivity contribution < 1.29 is 33.3 Å². The average molecular weight is 462 g/mol. The van der Waals surface area contributed by atoms with E-state index in [4.69, 9.17) is 9.90 Å². The molecule has 1 aromatic heterocycles. The standard InChI is InChI=1S/C22H24N2O2.C2HF3O2/c25-17-6-3-4-12-19-13-10-16-14-5-1-2-7-22(14,8-9-23-16)15(13)11-18(26)21(19)24-20(12)17;3-2(4,5)1(6)7/h3-4,6,11,14,16,23-26H,1-2,5,7-10H2;(H,6,7)/t14-,16+,22+;/m1./s1. The van der Waals surface area contributed by atoms with Gasteiger partial charge in [0.1, 0.15) is 11.5 Å². The van der Waals surface area contributed by atoms with E-state index < -0.39 is 12.1 Å². The second-order valence-electron chi connectivity index (χ2n) is 9.32. The first-order valence-corrected chi connectivity index (χ1v) is 11.2. The molecule has 0 unspecified atom stereocenters. The van der Waals surface area contributed by atoms with Gasteiger partial charge in [-0.25, -0.2) is 4.79 Å². The van der Waals surface area contributed by atoms with Crippen molar-refractivity contribution in [1.82, 2.24) is 10.3 Å². The van der Waals surface area contributed by atoms with E-state index in [0.717, 1.165) is 34.8 Å². The summed E-state index contributed by atoms with van der Waals surface area (Å²) < 4.78 is 31.7. The van der Waals surface area contributed by atoms with Gasteiger partial charge < -0.3 is 25.6 Å². The van der Waals surface area contributed by atoms with Crippen LogP contribution in [0.25, 0.3) is 21.8 Å². The van der Waals surface area contributed by atoms with Gasteiger partial charge >= 0.3 is 12.1 Å². The SMILES string of the molecule is O=C(O)C(F)(F)F.Oc1cccc2c1[nH]c1c(O)cc3c(c12)C[C@@H]1NCC[C@]32CCCC[C@H]12. The van der Waals surface area contributed by atoms with Crippen molar-refractivity contribution in [2.75, 3.05) is 6.54 Å². The van der Waals surface area contributed by atoms with Crippen LogP contribution in [0.15, 0.2) is 24.3 Å². The Balaban J connectivity index is 0.000000287. The maximum absolute atomic E-state index is 10.9. The summed E-state index contributed by atoms with van der Waals surface area (Å²) in [5.41, 5.74) is 4.48. The van der Waals surface area contributed by atoms with Crippen LogP contribution in [0.1, 0.15) is 43.2 Å². The van der Waals surface area contributed by atoms with E-state index in [1.165, 1.54) is 43.2 Å². The number of phenols is 2. The molecule has 5 N–H and O–H groups in total. The number of aliphatic carboxylic acids is 1. The minimum atomic E-state index is -5.08. The van der Waals surface area contributed by atoms with Gasteiger partial charge in [-0.2, -0.15) is 13.2 Å². The highest BCUT2D eigenvalue weighted by Gasteiger charge is 2.52. The summed E-state index contributed by atoms with van der Waals surface area (Å²) in [6.07, 6.45) is 2.25. The molecular formula is C24H25F3N2O4. The number of phenolic OH excluding ortho intramolecular Hbond substituents is 2. The maximum atomic E-state index is 10.9. The van der Waals surface area contributed by atoms with Gasteiger partial charge in [0.2, 0.25) is 0 Å². The number of alkyl halides is 3. The number of aromatic hydroxyl groups is 2. The maximum Gasteiger partial charge on any atom is 0.490 e. The number of rotatable bonds is 0. The zero-order valence-electron chi connectivity index (χ0n) is 17.8. The summed E-state index contributed by atoms with van der Waals surface area (Å²) in [5.74, 6) is -1.50. The van der Waals surface area contributed by atoms with Crippen LogP contribution in [0.2, 0.25) is 0 Å². The second-order valence-corrected chi connectivity index (χ2v) is 9.32. The van der Waals surface area contributed by atoms with E-state index in [0.29, 0.717) is 17.7 Å². The number of carbonyl (C=O) groups is 1. The summed E-state index contributed by atoms with van der Waals surface area (Å²) in [4.78, 5) is 12.2. The Labute approximate surface area is 187 Å². The van der Waals surface area contributed by atoms with E-state index in [2.05, 4.69) is 16.4 Å². The fraction of sp³-hybridized carbons (Fsp3) is 0.458. The van der Waals surface area contributed by atoms with Crippen LogP contribution >= 0.6 is 0 Å². The van der Waals surface area contributed by atoms with Crippen LogP contribution in [0.4, 0.5) is 13.2 Å². The molecule has 3 aliphatic rings. The highest BCUT2D eigenvalue weighted by molar-refractivity contribution is 6.13. The first-order chi connectivity index (χ1) is 15.6. The molecular weight excluding hydrogens is 437 g/mol. The number of halogens is 3. The zero-order chi connectivity index (χ0) is 23.5. The van der Waals surface area contributed by atoms with Gasteiger partial charge in [-0.1, -0.05) is 25.0 Å². The first-order valence-electron chi connectivity index (χ1n) is 11.2. The number of piperidine rings is 1. The van der Waals surface area contributed by atoms with Crippen molar-refractivity contribution in [2.24, 2.45) is 5.92 Å². The smallest absolute Gasteiger partial charge is 0.490 e. The monoisotopic (exact) mass is 462 g/mol. The van der Waals surface area contributed by atoms with Crippen LogP contribution in [0.3, 0.4) is 0 Å². The molecule has 2 heterocycles. The number of fused-ring (bicyclic) bond motifs is 5. The third-order valence-corrected chi connectivity index (χ3v) is 7.74. The number of aromatic nitrogens is 1. The Morgan fingerprint density at radius 1 is 1.09 bits per heavy atom. The van der Waals surface area contributed by atoms with E-state index >= 15 is 0 Å². The van der Waals surface area contributed by atoms with E-state index in [1.807, 2.05) is 12.1 Å². The number of carboxylic acids is 1. The molecule has 33 heavy (non-hydrogen) atoms. The van der Waals surface area contributed by atoms with Gasteiger partial charge in [0.25, 0.3) is 0 Å². The highest BCUT2D eigenvalue weighted by Crippen LogP contribution is 2.56. The molecule has 1 saturated heterocycles. The summed E-state index contributed by atoms with van der Waals surface area (Å²) in [6.45, 7) is 1.08. The second kappa shape index (κ2) is 7.55. The predicted octanol–water partition coefficient (Wildman–Crippen LogP) is 4.71. The summed E-state index contributed by atoms with van der Waals surface area (Å²) >= 11 is 0. The number of carboxylic acid groups (broad SMARTS) is 1. The minimum Gasteiger partial charge on any atom is -0.506 e. The van der Waals surface area contributed by atoms with Gasteiger partial charge in [0.05, 0.1) is 11.0 Å². The largest absolute Gasteiger partial charge is 0.506 e. The molecule has 0 amide bonds. The lowest BCUT2D eigenvalue weighted by Crippen LogP contribution is -2.59. The number of H-pyrrole nitrogens is 1. The predicted molar refractivity (Wildman–Crippen MR) is 117 cm³/mol. The molecule has 2 fully saturated rings. The number of aromatic amines is 1. The molecule has 3 atom stereocenters. The molecule has 176 valence electrons. The Bertz CT molecular complexity index is 1250. The van der Waals surface area contributed by atoms with Gasteiger partial charge in [-0.3, -0.25) is 0 Å². The van der Waals surface area contributed by atoms with Crippen molar-refractivity contribution in [3.8, 4) is 11.5 Å². The van der Waals surface area contributed by atoms with Gasteiger partial charge in [0, 0.05) is 22.2 Å². The summed E-state index contributed by atoms with van der Waals surface area (Å²) in [5, 5.41) is 34.2. The lowest BCUT2D eigenvalue weighted by molar-refractivity contribution is -0.192. The fourth-order valence-electron chi connectivity index (χ4n) is 6.48. The van der Waals surface area contributed by atoms with Crippen LogP contribution in [-0.4, -0.2) is 45.0 Å². The molecule has 2 aromatic carbocycles. The van der Waals surface area contributed by atoms with Crippen LogP contribution < -0.4 is 5.32 Å². The average Bonchev–Trinajstić information content (AvgIpc) is 3.17. The number of para-hydroxylation sites is 1. The third kappa shape index (κ3) is 3.32. The molecule has 0 spiro atoms. The Kier molecular flexibility index (Phi) is 5.00. The molecule has 6 nitrogen and oxygen atoms in total. The first kappa shape index (κ1) is 21.9. The number of benzene rings is 2. The van der Waals surface area contributed by atoms with Crippen molar-refractivity contribution in [1.29, 1.82) is 0 Å². The Hall–Kier alpha value is -2.94. The van der Waals surface area contributed by atoms with E-state index in [-0.39, 0.29) is 11.2 Å². The lowest BCUT2D eigenvalue weighted by atomic mass is 9.52. The Morgan fingerprint density at radius 2 is 1.85 bits per heavy atom. The van der Waals surface area contributed by atoms with Crippen molar-refractivity contribution in [3.63, 3.8) is 0 Å². The third-order valence-electron chi connectivity index (χ3n) is 7.74. The lowest BCUT2D eigenvalue weighted by Gasteiger charge is -2.56. The molecule has 1 saturated carbocycles. The van der Waals surface area contributed by atoms with Crippen molar-refractivity contribution in [2.45, 2.75) is 56.2 Å². The van der Waals surface area contributed by atoms with Gasteiger partial charge in [-0.05, 0) is 61.4 Å². The van der Waals surface area contributed by atoms with Crippen LogP contribution in [0.5, 0.6) is 11.5 Å². The molecule has 1 aliphatic heterocycles. The van der Waals surface area contributed by atoms with Crippen molar-refractivity contribution in [3.05, 3.63) is 35.4 Å². The Morgan fingerprint density at radius 3 is 2.58 bits per heavy atom. The number of hydrogen-bond donors (Lipinski definition) is 5. The van der Waals surface area contributed by atoms with Crippen molar-refractivity contribution >= 4 is 27.8 Å². The molecule has 2 bridgehead atoms. The quantitative estimate of drug-likeness (QED) is 0.333. The minimum absolute atomic E-state index is 0.216. The molecule has 9 heteroatoms.